The van der Waals surface area contributed by atoms with Gasteiger partial charge in [0.2, 0.25) is 0 Å². The lowest BCUT2D eigenvalue weighted by Gasteiger charge is -2.13. The van der Waals surface area contributed by atoms with Crippen molar-refractivity contribution in [2.75, 3.05) is 11.9 Å². The van der Waals surface area contributed by atoms with Gasteiger partial charge in [0.25, 0.3) is 0 Å². The second kappa shape index (κ2) is 8.34. The summed E-state index contributed by atoms with van der Waals surface area (Å²) in [6.07, 6.45) is 0. The zero-order valence-electron chi connectivity index (χ0n) is 15.2. The molecule has 0 saturated heterocycles. The second-order valence-corrected chi connectivity index (χ2v) is 6.19. The number of nitrogens with one attached hydrogen (secondary N) is 1. The molecular weight excluding hydrogens is 322 g/mol. The number of rotatable bonds is 6. The van der Waals surface area contributed by atoms with E-state index >= 15 is 0 Å². The standard InChI is InChI=1S/C23H23NO2/c1-3-26-23(25)21-14-13-20(24-16-18-7-5-4-6-8-18)15-22(21)19-11-9-17(2)10-12-19/h4-15,24H,3,16H2,1-2H3. The minimum absolute atomic E-state index is 0.294. The van der Waals surface area contributed by atoms with Crippen LogP contribution in [0.1, 0.15) is 28.4 Å². The average molecular weight is 345 g/mol. The molecule has 0 aliphatic carbocycles. The van der Waals surface area contributed by atoms with Crippen molar-refractivity contribution in [3.05, 3.63) is 89.5 Å². The van der Waals surface area contributed by atoms with E-state index in [1.807, 2.05) is 74.5 Å². The van der Waals surface area contributed by atoms with Gasteiger partial charge >= 0.3 is 5.97 Å². The van der Waals surface area contributed by atoms with Crippen LogP contribution >= 0.6 is 0 Å². The van der Waals surface area contributed by atoms with Crippen molar-refractivity contribution in [1.29, 1.82) is 0 Å². The van der Waals surface area contributed by atoms with Crippen molar-refractivity contribution in [3.8, 4) is 11.1 Å². The maximum atomic E-state index is 12.4. The number of hydrogen-bond donors (Lipinski definition) is 1. The largest absolute Gasteiger partial charge is 0.462 e. The van der Waals surface area contributed by atoms with Crippen LogP contribution in [0.25, 0.3) is 11.1 Å². The molecule has 0 saturated carbocycles. The summed E-state index contributed by atoms with van der Waals surface area (Å²) in [5.74, 6) is -0.294. The number of aryl methyl sites for hydroxylation is 1. The monoisotopic (exact) mass is 345 g/mol. The Morgan fingerprint density at radius 2 is 1.69 bits per heavy atom. The van der Waals surface area contributed by atoms with Crippen molar-refractivity contribution in [2.24, 2.45) is 0 Å². The van der Waals surface area contributed by atoms with Crippen molar-refractivity contribution in [3.63, 3.8) is 0 Å². The first-order valence-corrected chi connectivity index (χ1v) is 8.83. The molecule has 3 heteroatoms. The van der Waals surface area contributed by atoms with Crippen LogP contribution in [0.15, 0.2) is 72.8 Å². The van der Waals surface area contributed by atoms with E-state index in [-0.39, 0.29) is 5.97 Å². The van der Waals surface area contributed by atoms with Crippen LogP contribution in [0.2, 0.25) is 0 Å². The van der Waals surface area contributed by atoms with Gasteiger partial charge in [-0.2, -0.15) is 0 Å². The maximum absolute atomic E-state index is 12.4. The Labute approximate surface area is 154 Å². The molecule has 0 aliphatic rings. The number of ether oxygens (including phenoxy) is 1. The normalized spacial score (nSPS) is 10.4. The third-order valence-electron chi connectivity index (χ3n) is 4.22. The molecule has 0 fully saturated rings. The predicted octanol–water partition coefficient (Wildman–Crippen LogP) is 5.45. The molecule has 26 heavy (non-hydrogen) atoms. The van der Waals surface area contributed by atoms with Crippen molar-refractivity contribution in [1.82, 2.24) is 0 Å². The Morgan fingerprint density at radius 1 is 0.962 bits per heavy atom. The van der Waals surface area contributed by atoms with E-state index in [9.17, 15) is 4.79 Å². The molecule has 3 aromatic rings. The Hall–Kier alpha value is -3.07. The molecule has 0 heterocycles. The van der Waals surface area contributed by atoms with Crippen molar-refractivity contribution in [2.45, 2.75) is 20.4 Å². The molecule has 132 valence electrons. The van der Waals surface area contributed by atoms with Gasteiger partial charge in [-0.1, -0.05) is 60.2 Å². The molecule has 3 aromatic carbocycles. The van der Waals surface area contributed by atoms with Gasteiger partial charge in [-0.15, -0.1) is 0 Å². The fourth-order valence-corrected chi connectivity index (χ4v) is 2.81. The Morgan fingerprint density at radius 3 is 2.38 bits per heavy atom. The summed E-state index contributed by atoms with van der Waals surface area (Å²) < 4.78 is 5.22. The number of anilines is 1. The highest BCUT2D eigenvalue weighted by atomic mass is 16.5. The zero-order chi connectivity index (χ0) is 18.4. The number of hydrogen-bond acceptors (Lipinski definition) is 3. The summed E-state index contributed by atoms with van der Waals surface area (Å²) in [6, 6.07) is 24.2. The first-order valence-electron chi connectivity index (χ1n) is 8.83. The summed E-state index contributed by atoms with van der Waals surface area (Å²) in [5.41, 5.74) is 5.82. The molecule has 0 aromatic heterocycles. The van der Waals surface area contributed by atoms with Crippen LogP contribution < -0.4 is 5.32 Å². The third-order valence-corrected chi connectivity index (χ3v) is 4.22. The topological polar surface area (TPSA) is 38.3 Å². The summed E-state index contributed by atoms with van der Waals surface area (Å²) in [7, 11) is 0. The van der Waals surface area contributed by atoms with Gasteiger partial charge in [0, 0.05) is 12.2 Å². The molecule has 3 nitrogen and oxygen atoms in total. The van der Waals surface area contributed by atoms with E-state index < -0.39 is 0 Å². The van der Waals surface area contributed by atoms with Gasteiger partial charge < -0.3 is 10.1 Å². The second-order valence-electron chi connectivity index (χ2n) is 6.19. The SMILES string of the molecule is CCOC(=O)c1ccc(NCc2ccccc2)cc1-c1ccc(C)cc1. The van der Waals surface area contributed by atoms with Crippen molar-refractivity contribution < 1.29 is 9.53 Å². The van der Waals surface area contributed by atoms with E-state index in [2.05, 4.69) is 17.4 Å². The lowest BCUT2D eigenvalue weighted by Crippen LogP contribution is -2.07. The molecule has 3 rings (SSSR count). The van der Waals surface area contributed by atoms with Gasteiger partial charge in [-0.25, -0.2) is 4.79 Å². The highest BCUT2D eigenvalue weighted by Crippen LogP contribution is 2.28. The zero-order valence-corrected chi connectivity index (χ0v) is 15.2. The van der Waals surface area contributed by atoms with Gasteiger partial charge in [-0.3, -0.25) is 0 Å². The summed E-state index contributed by atoms with van der Waals surface area (Å²) in [4.78, 5) is 12.4. The molecule has 0 aliphatic heterocycles. The predicted molar refractivity (Wildman–Crippen MR) is 106 cm³/mol. The minimum Gasteiger partial charge on any atom is -0.462 e. The van der Waals surface area contributed by atoms with Crippen LogP contribution in [0.5, 0.6) is 0 Å². The fourth-order valence-electron chi connectivity index (χ4n) is 2.81. The highest BCUT2D eigenvalue weighted by Gasteiger charge is 2.14. The van der Waals surface area contributed by atoms with Gasteiger partial charge in [-0.05, 0) is 48.7 Å². The molecule has 0 atom stereocenters. The van der Waals surface area contributed by atoms with E-state index in [0.29, 0.717) is 12.2 Å². The quantitative estimate of drug-likeness (QED) is 0.604. The van der Waals surface area contributed by atoms with E-state index in [1.54, 1.807) is 0 Å². The Bertz CT molecular complexity index is 870. The molecule has 0 amide bonds. The lowest BCUT2D eigenvalue weighted by atomic mass is 9.98. The van der Waals surface area contributed by atoms with Crippen LogP contribution in [-0.4, -0.2) is 12.6 Å². The van der Waals surface area contributed by atoms with E-state index in [0.717, 1.165) is 23.4 Å². The summed E-state index contributed by atoms with van der Waals surface area (Å²) in [5, 5.41) is 3.43. The molecule has 0 unspecified atom stereocenters. The summed E-state index contributed by atoms with van der Waals surface area (Å²) >= 11 is 0. The van der Waals surface area contributed by atoms with Crippen LogP contribution in [0.4, 0.5) is 5.69 Å². The number of esters is 1. The molecule has 0 spiro atoms. The van der Waals surface area contributed by atoms with Gasteiger partial charge in [0.05, 0.1) is 12.2 Å². The molecular formula is C23H23NO2. The van der Waals surface area contributed by atoms with E-state index in [4.69, 9.17) is 4.74 Å². The smallest absolute Gasteiger partial charge is 0.338 e. The van der Waals surface area contributed by atoms with Crippen LogP contribution in [0, 0.1) is 6.92 Å². The lowest BCUT2D eigenvalue weighted by molar-refractivity contribution is 0.0527. The highest BCUT2D eigenvalue weighted by molar-refractivity contribution is 5.98. The first-order chi connectivity index (χ1) is 12.7. The number of carbonyl (C=O) groups excluding carboxylic acids is 1. The third kappa shape index (κ3) is 4.31. The van der Waals surface area contributed by atoms with Crippen molar-refractivity contribution >= 4 is 11.7 Å². The minimum atomic E-state index is -0.294. The Kier molecular flexibility index (Phi) is 5.69. The van der Waals surface area contributed by atoms with E-state index in [1.165, 1.54) is 11.1 Å². The van der Waals surface area contributed by atoms with Crippen LogP contribution in [0.3, 0.4) is 0 Å². The molecule has 1 N–H and O–H groups in total. The maximum Gasteiger partial charge on any atom is 0.338 e. The molecule has 0 bridgehead atoms. The van der Waals surface area contributed by atoms with Gasteiger partial charge in [0.15, 0.2) is 0 Å². The Balaban J connectivity index is 1.91. The average Bonchev–Trinajstić information content (AvgIpc) is 2.68. The molecule has 0 radical (unpaired) electrons. The number of carbonyl (C=O) groups is 1. The fraction of sp³-hybridized carbons (Fsp3) is 0.174. The van der Waals surface area contributed by atoms with Gasteiger partial charge in [0.1, 0.15) is 0 Å². The summed E-state index contributed by atoms with van der Waals surface area (Å²) in [6.45, 7) is 4.96. The van der Waals surface area contributed by atoms with Crippen LogP contribution in [-0.2, 0) is 11.3 Å². The first kappa shape index (κ1) is 17.7. The number of benzene rings is 3.